The van der Waals surface area contributed by atoms with Gasteiger partial charge in [-0.3, -0.25) is 4.79 Å². The van der Waals surface area contributed by atoms with E-state index in [0.29, 0.717) is 0 Å². The molecule has 0 fully saturated rings. The highest BCUT2D eigenvalue weighted by molar-refractivity contribution is 5.91. The maximum Gasteiger partial charge on any atom is 0.338 e. The van der Waals surface area contributed by atoms with Crippen LogP contribution in [-0.2, 0) is 14.3 Å². The monoisotopic (exact) mass is 314 g/mol. The van der Waals surface area contributed by atoms with Crippen molar-refractivity contribution in [2.24, 2.45) is 0 Å². The van der Waals surface area contributed by atoms with Crippen LogP contribution in [0.15, 0.2) is 18.2 Å². The lowest BCUT2D eigenvalue weighted by Gasteiger charge is -2.19. The average Bonchev–Trinajstić information content (AvgIpc) is 2.46. The van der Waals surface area contributed by atoms with Crippen molar-refractivity contribution in [1.82, 2.24) is 0 Å². The van der Waals surface area contributed by atoms with Gasteiger partial charge in [0.25, 0.3) is 0 Å². The van der Waals surface area contributed by atoms with Crippen molar-refractivity contribution in [2.75, 3.05) is 13.2 Å². The Morgan fingerprint density at radius 1 is 1.18 bits per heavy atom. The molecule has 0 spiro atoms. The zero-order valence-corrected chi connectivity index (χ0v) is 12.4. The van der Waals surface area contributed by atoms with Crippen molar-refractivity contribution in [3.05, 3.63) is 35.1 Å². The molecule has 0 aromatic heterocycles. The van der Waals surface area contributed by atoms with Crippen LogP contribution >= 0.6 is 0 Å². The Labute approximate surface area is 127 Å². The fourth-order valence-electron chi connectivity index (χ4n) is 1.88. The highest BCUT2D eigenvalue weighted by atomic mass is 19.1. The highest BCUT2D eigenvalue weighted by Crippen LogP contribution is 2.25. The van der Waals surface area contributed by atoms with Crippen LogP contribution in [0.5, 0.6) is 0 Å². The molecule has 122 valence electrons. The third kappa shape index (κ3) is 4.78. The molecule has 2 N–H and O–H groups in total. The quantitative estimate of drug-likeness (QED) is 0.738. The molecule has 0 radical (unpaired) electrons. The van der Waals surface area contributed by atoms with E-state index >= 15 is 0 Å². The van der Waals surface area contributed by atoms with Gasteiger partial charge in [-0.2, -0.15) is 0 Å². The summed E-state index contributed by atoms with van der Waals surface area (Å²) in [5.74, 6) is -2.14. The lowest BCUT2D eigenvalue weighted by molar-refractivity contribution is -0.147. The highest BCUT2D eigenvalue weighted by Gasteiger charge is 2.27. The number of hydrogen-bond acceptors (Lipinski definition) is 6. The van der Waals surface area contributed by atoms with Gasteiger partial charge >= 0.3 is 11.9 Å². The summed E-state index contributed by atoms with van der Waals surface area (Å²) in [6.45, 7) is 3.45. The van der Waals surface area contributed by atoms with Crippen molar-refractivity contribution >= 4 is 11.9 Å². The predicted octanol–water partition coefficient (Wildman–Crippen LogP) is 1.35. The van der Waals surface area contributed by atoms with E-state index in [2.05, 4.69) is 4.74 Å². The van der Waals surface area contributed by atoms with Crippen LogP contribution in [-0.4, -0.2) is 41.5 Å². The summed E-state index contributed by atoms with van der Waals surface area (Å²) in [6, 6.07) is 3.12. The molecule has 0 aliphatic carbocycles. The average molecular weight is 314 g/mol. The molecule has 0 aliphatic heterocycles. The SMILES string of the molecule is CCOC(=O)CC(O)C(O)c1cc(F)ccc1C(=O)OCC. The molecule has 0 amide bonds. The van der Waals surface area contributed by atoms with Crippen LogP contribution < -0.4 is 0 Å². The molecule has 0 aliphatic rings. The Kier molecular flexibility index (Phi) is 6.94. The lowest BCUT2D eigenvalue weighted by Crippen LogP contribution is -2.25. The van der Waals surface area contributed by atoms with Crippen molar-refractivity contribution in [1.29, 1.82) is 0 Å². The molecule has 6 nitrogen and oxygen atoms in total. The van der Waals surface area contributed by atoms with E-state index in [4.69, 9.17) is 4.74 Å². The number of halogens is 1. The third-order valence-electron chi connectivity index (χ3n) is 2.87. The van der Waals surface area contributed by atoms with Gasteiger partial charge in [0, 0.05) is 5.56 Å². The Balaban J connectivity index is 3.00. The molecule has 1 rings (SSSR count). The van der Waals surface area contributed by atoms with Crippen LogP contribution in [0.1, 0.15) is 42.3 Å². The van der Waals surface area contributed by atoms with Crippen LogP contribution in [0.2, 0.25) is 0 Å². The Hall–Kier alpha value is -1.99. The molecular weight excluding hydrogens is 295 g/mol. The number of carbonyl (C=O) groups is 2. The van der Waals surface area contributed by atoms with Gasteiger partial charge in [0.15, 0.2) is 0 Å². The second kappa shape index (κ2) is 8.45. The predicted molar refractivity (Wildman–Crippen MR) is 74.6 cm³/mol. The number of hydrogen-bond donors (Lipinski definition) is 2. The van der Waals surface area contributed by atoms with E-state index in [1.165, 1.54) is 0 Å². The standard InChI is InChI=1S/C15H19FO6/c1-3-21-13(18)8-12(17)14(19)11-7-9(16)5-6-10(11)15(20)22-4-2/h5-7,12,14,17,19H,3-4,8H2,1-2H3. The summed E-state index contributed by atoms with van der Waals surface area (Å²) in [5.41, 5.74) is -0.214. The third-order valence-corrected chi connectivity index (χ3v) is 2.87. The number of ether oxygens (including phenoxy) is 2. The molecule has 1 aromatic rings. The number of carbonyl (C=O) groups excluding carboxylic acids is 2. The molecule has 0 heterocycles. The van der Waals surface area contributed by atoms with Gasteiger partial charge in [-0.25, -0.2) is 9.18 Å². The summed E-state index contributed by atoms with van der Waals surface area (Å²) >= 11 is 0. The van der Waals surface area contributed by atoms with Gasteiger partial charge in [-0.05, 0) is 32.0 Å². The molecule has 1 aromatic carbocycles. The summed E-state index contributed by atoms with van der Waals surface area (Å²) in [6.07, 6.45) is -3.64. The van der Waals surface area contributed by atoms with E-state index < -0.39 is 36.4 Å². The Bertz CT molecular complexity index is 531. The maximum absolute atomic E-state index is 13.4. The molecule has 7 heteroatoms. The minimum atomic E-state index is -1.63. The molecule has 2 unspecified atom stereocenters. The van der Waals surface area contributed by atoms with Gasteiger partial charge in [0.05, 0.1) is 31.3 Å². The fraction of sp³-hybridized carbons (Fsp3) is 0.467. The lowest BCUT2D eigenvalue weighted by atomic mass is 9.97. The van der Waals surface area contributed by atoms with E-state index in [0.717, 1.165) is 18.2 Å². The van der Waals surface area contributed by atoms with Gasteiger partial charge in [-0.15, -0.1) is 0 Å². The molecule has 0 saturated heterocycles. The molecule has 2 atom stereocenters. The summed E-state index contributed by atoms with van der Waals surface area (Å²) in [4.78, 5) is 23.1. The zero-order valence-electron chi connectivity index (χ0n) is 12.4. The molecule has 0 bridgehead atoms. The number of benzene rings is 1. The molecular formula is C15H19FO6. The smallest absolute Gasteiger partial charge is 0.338 e. The first kappa shape index (κ1) is 18.1. The van der Waals surface area contributed by atoms with Crippen LogP contribution in [0.4, 0.5) is 4.39 Å². The maximum atomic E-state index is 13.4. The number of esters is 2. The van der Waals surface area contributed by atoms with Crippen molar-refractivity contribution in [3.8, 4) is 0 Å². The second-order valence-corrected chi connectivity index (χ2v) is 4.47. The van der Waals surface area contributed by atoms with Crippen molar-refractivity contribution in [3.63, 3.8) is 0 Å². The first-order chi connectivity index (χ1) is 10.4. The first-order valence-electron chi connectivity index (χ1n) is 6.89. The van der Waals surface area contributed by atoms with Gasteiger partial charge < -0.3 is 19.7 Å². The van der Waals surface area contributed by atoms with Crippen molar-refractivity contribution in [2.45, 2.75) is 32.5 Å². The van der Waals surface area contributed by atoms with Crippen LogP contribution in [0.3, 0.4) is 0 Å². The molecule has 0 saturated carbocycles. The fourth-order valence-corrected chi connectivity index (χ4v) is 1.88. The molecule has 22 heavy (non-hydrogen) atoms. The topological polar surface area (TPSA) is 93.1 Å². The van der Waals surface area contributed by atoms with Gasteiger partial charge in [-0.1, -0.05) is 0 Å². The van der Waals surface area contributed by atoms with E-state index in [1.54, 1.807) is 13.8 Å². The number of rotatable bonds is 7. The first-order valence-corrected chi connectivity index (χ1v) is 6.89. The van der Waals surface area contributed by atoms with Crippen LogP contribution in [0, 0.1) is 5.82 Å². The normalized spacial score (nSPS) is 13.3. The summed E-state index contributed by atoms with van der Waals surface area (Å²) < 4.78 is 22.8. The Morgan fingerprint density at radius 2 is 1.82 bits per heavy atom. The second-order valence-electron chi connectivity index (χ2n) is 4.47. The zero-order chi connectivity index (χ0) is 16.7. The van der Waals surface area contributed by atoms with E-state index in [-0.39, 0.29) is 24.3 Å². The minimum absolute atomic E-state index is 0.0707. The number of aliphatic hydroxyl groups is 2. The van der Waals surface area contributed by atoms with Crippen LogP contribution in [0.25, 0.3) is 0 Å². The van der Waals surface area contributed by atoms with Crippen molar-refractivity contribution < 1.29 is 33.7 Å². The van der Waals surface area contributed by atoms with Gasteiger partial charge in [0.2, 0.25) is 0 Å². The van der Waals surface area contributed by atoms with Gasteiger partial charge in [0.1, 0.15) is 11.9 Å². The summed E-state index contributed by atoms with van der Waals surface area (Å²) in [7, 11) is 0. The Morgan fingerprint density at radius 3 is 2.41 bits per heavy atom. The summed E-state index contributed by atoms with van der Waals surface area (Å²) in [5, 5.41) is 20.0. The number of aliphatic hydroxyl groups excluding tert-OH is 2. The largest absolute Gasteiger partial charge is 0.466 e. The minimum Gasteiger partial charge on any atom is -0.466 e. The van der Waals surface area contributed by atoms with E-state index in [9.17, 15) is 24.2 Å². The van der Waals surface area contributed by atoms with E-state index in [1.807, 2.05) is 0 Å².